The fourth-order valence-corrected chi connectivity index (χ4v) is 10.6. The lowest BCUT2D eigenvalue weighted by Crippen LogP contribution is -2.36. The van der Waals surface area contributed by atoms with E-state index in [2.05, 4.69) is 193 Å². The molecular formula is C51H31NOS. The lowest BCUT2D eigenvalue weighted by molar-refractivity contribution is 0.435. The van der Waals surface area contributed by atoms with Crippen LogP contribution in [0.5, 0.6) is 11.5 Å². The van der Waals surface area contributed by atoms with Gasteiger partial charge in [-0.3, -0.25) is 0 Å². The molecule has 1 spiro atoms. The van der Waals surface area contributed by atoms with Gasteiger partial charge in [-0.2, -0.15) is 0 Å². The van der Waals surface area contributed by atoms with Crippen molar-refractivity contribution >= 4 is 70.1 Å². The highest BCUT2D eigenvalue weighted by Gasteiger charge is 2.49. The van der Waals surface area contributed by atoms with Gasteiger partial charge in [0.25, 0.3) is 0 Å². The van der Waals surface area contributed by atoms with Crippen molar-refractivity contribution in [3.8, 4) is 22.6 Å². The van der Waals surface area contributed by atoms with Gasteiger partial charge in [-0.25, -0.2) is 0 Å². The van der Waals surface area contributed by atoms with Crippen molar-refractivity contribution in [3.05, 3.63) is 210 Å². The van der Waals surface area contributed by atoms with Crippen LogP contribution in [0.25, 0.3) is 52.8 Å². The maximum Gasteiger partial charge on any atom is 0.132 e. The summed E-state index contributed by atoms with van der Waals surface area (Å²) in [5.41, 5.74) is 10.1. The van der Waals surface area contributed by atoms with Gasteiger partial charge in [-0.15, -0.1) is 11.3 Å². The molecule has 0 radical (unpaired) electrons. The van der Waals surface area contributed by atoms with Crippen LogP contribution >= 0.6 is 11.3 Å². The van der Waals surface area contributed by atoms with Gasteiger partial charge in [0.2, 0.25) is 0 Å². The third-order valence-electron chi connectivity index (χ3n) is 11.7. The molecule has 1 aliphatic carbocycles. The van der Waals surface area contributed by atoms with Crippen molar-refractivity contribution in [1.29, 1.82) is 0 Å². The maximum atomic E-state index is 6.72. The van der Waals surface area contributed by atoms with E-state index in [1.54, 1.807) is 0 Å². The minimum Gasteiger partial charge on any atom is -0.457 e. The first-order chi connectivity index (χ1) is 26.8. The van der Waals surface area contributed by atoms with Crippen molar-refractivity contribution < 1.29 is 4.74 Å². The second-order valence-electron chi connectivity index (χ2n) is 14.4. The van der Waals surface area contributed by atoms with E-state index < -0.39 is 5.41 Å². The van der Waals surface area contributed by atoms with Crippen LogP contribution in [0.15, 0.2) is 188 Å². The number of rotatable bonds is 3. The van der Waals surface area contributed by atoms with Gasteiger partial charge in [0.15, 0.2) is 0 Å². The van der Waals surface area contributed by atoms with Gasteiger partial charge in [-0.05, 0) is 86.9 Å². The fourth-order valence-electron chi connectivity index (χ4n) is 9.50. The normalized spacial score (nSPS) is 13.5. The lowest BCUT2D eigenvalue weighted by Gasteiger charge is -2.45. The SMILES string of the molecule is c1ccc2c(c1)Oc1ccccc1C21c2cc(N(c3ccc4c(c3)sc3ccccc34)c3cccc4ccccc34)ccc2-c2cccc3cccc1c23. The molecular weight excluding hydrogens is 675 g/mol. The molecule has 0 amide bonds. The largest absolute Gasteiger partial charge is 0.457 e. The zero-order valence-corrected chi connectivity index (χ0v) is 30.0. The molecule has 9 aromatic carbocycles. The summed E-state index contributed by atoms with van der Waals surface area (Å²) in [6.45, 7) is 0. The van der Waals surface area contributed by atoms with E-state index in [1.165, 1.54) is 64.0 Å². The highest BCUT2D eigenvalue weighted by atomic mass is 32.1. The number of nitrogens with zero attached hydrogens (tertiary/aromatic N) is 1. The molecule has 0 fully saturated rings. The minimum absolute atomic E-state index is 0.621. The van der Waals surface area contributed by atoms with E-state index in [0.29, 0.717) is 0 Å². The van der Waals surface area contributed by atoms with E-state index >= 15 is 0 Å². The van der Waals surface area contributed by atoms with Gasteiger partial charge < -0.3 is 9.64 Å². The number of thiophene rings is 1. The molecule has 2 nitrogen and oxygen atoms in total. The molecule has 1 aromatic heterocycles. The number of fused-ring (bicyclic) bond motifs is 12. The summed E-state index contributed by atoms with van der Waals surface area (Å²) in [5.74, 6) is 1.79. The Kier molecular flexibility index (Phi) is 6.17. The zero-order chi connectivity index (χ0) is 35.4. The summed E-state index contributed by atoms with van der Waals surface area (Å²) in [4.78, 5) is 2.47. The number of anilines is 3. The van der Waals surface area contributed by atoms with Crippen LogP contribution < -0.4 is 9.64 Å². The second kappa shape index (κ2) is 11.2. The van der Waals surface area contributed by atoms with Gasteiger partial charge in [0.1, 0.15) is 11.5 Å². The van der Waals surface area contributed by atoms with Gasteiger partial charge in [0.05, 0.1) is 11.1 Å². The molecule has 0 saturated heterocycles. The quantitative estimate of drug-likeness (QED) is 0.181. The predicted octanol–water partition coefficient (Wildman–Crippen LogP) is 14.3. The summed E-state index contributed by atoms with van der Waals surface area (Å²) in [7, 11) is 0. The molecule has 0 saturated carbocycles. The highest BCUT2D eigenvalue weighted by Crippen LogP contribution is 2.61. The maximum absolute atomic E-state index is 6.72. The molecule has 0 atom stereocenters. The van der Waals surface area contributed by atoms with Crippen molar-refractivity contribution in [2.75, 3.05) is 4.90 Å². The van der Waals surface area contributed by atoms with Gasteiger partial charge >= 0.3 is 0 Å². The Labute approximate surface area is 316 Å². The van der Waals surface area contributed by atoms with Crippen LogP contribution in [0.2, 0.25) is 0 Å². The van der Waals surface area contributed by atoms with Crippen LogP contribution in [-0.4, -0.2) is 0 Å². The third-order valence-corrected chi connectivity index (χ3v) is 12.8. The van der Waals surface area contributed by atoms with Crippen molar-refractivity contribution in [3.63, 3.8) is 0 Å². The lowest BCUT2D eigenvalue weighted by atomic mass is 9.58. The number of hydrogen-bond donors (Lipinski definition) is 0. The predicted molar refractivity (Wildman–Crippen MR) is 226 cm³/mol. The van der Waals surface area contributed by atoms with Crippen LogP contribution in [0.4, 0.5) is 17.1 Å². The number of para-hydroxylation sites is 2. The first kappa shape index (κ1) is 29.9. The summed E-state index contributed by atoms with van der Waals surface area (Å²) in [6.07, 6.45) is 0. The van der Waals surface area contributed by atoms with Crippen molar-refractivity contribution in [2.45, 2.75) is 5.41 Å². The summed E-state index contributed by atoms with van der Waals surface area (Å²) >= 11 is 1.86. The summed E-state index contributed by atoms with van der Waals surface area (Å²) in [6, 6.07) is 69.1. The molecule has 10 aromatic rings. The van der Waals surface area contributed by atoms with Crippen molar-refractivity contribution in [2.24, 2.45) is 0 Å². The van der Waals surface area contributed by atoms with Gasteiger partial charge in [-0.1, -0.05) is 140 Å². The monoisotopic (exact) mass is 705 g/mol. The Balaban J connectivity index is 1.20. The Morgan fingerprint density at radius 3 is 1.87 bits per heavy atom. The molecule has 54 heavy (non-hydrogen) atoms. The minimum atomic E-state index is -0.621. The van der Waals surface area contributed by atoms with Crippen LogP contribution in [0.3, 0.4) is 0 Å². The average molecular weight is 706 g/mol. The molecule has 12 rings (SSSR count). The topological polar surface area (TPSA) is 12.5 Å². The molecule has 3 heteroatoms. The molecule has 252 valence electrons. The average Bonchev–Trinajstić information content (AvgIpc) is 3.60. The Hall–Kier alpha value is -6.68. The summed E-state index contributed by atoms with van der Waals surface area (Å²) < 4.78 is 9.31. The smallest absolute Gasteiger partial charge is 0.132 e. The Morgan fingerprint density at radius 2 is 1.02 bits per heavy atom. The fraction of sp³-hybridized carbons (Fsp3) is 0.0196. The van der Waals surface area contributed by atoms with Gasteiger partial charge in [0, 0.05) is 48.1 Å². The molecule has 2 heterocycles. The number of ether oxygens (including phenoxy) is 1. The summed E-state index contributed by atoms with van der Waals surface area (Å²) in [5, 5.41) is 7.57. The zero-order valence-electron chi connectivity index (χ0n) is 29.2. The van der Waals surface area contributed by atoms with Crippen molar-refractivity contribution in [1.82, 2.24) is 0 Å². The first-order valence-corrected chi connectivity index (χ1v) is 19.3. The molecule has 0 N–H and O–H groups in total. The van der Waals surface area contributed by atoms with E-state index in [1.807, 2.05) is 11.3 Å². The van der Waals surface area contributed by atoms with E-state index in [9.17, 15) is 0 Å². The molecule has 0 unspecified atom stereocenters. The number of benzene rings is 9. The van der Waals surface area contributed by atoms with Crippen LogP contribution in [-0.2, 0) is 5.41 Å². The molecule has 0 bridgehead atoms. The Morgan fingerprint density at radius 1 is 0.407 bits per heavy atom. The second-order valence-corrected chi connectivity index (χ2v) is 15.5. The first-order valence-electron chi connectivity index (χ1n) is 18.5. The van der Waals surface area contributed by atoms with Crippen LogP contribution in [0.1, 0.15) is 22.3 Å². The van der Waals surface area contributed by atoms with E-state index in [-0.39, 0.29) is 0 Å². The van der Waals surface area contributed by atoms with E-state index in [0.717, 1.165) is 39.7 Å². The molecule has 1 aliphatic heterocycles. The number of hydrogen-bond acceptors (Lipinski definition) is 3. The van der Waals surface area contributed by atoms with E-state index in [4.69, 9.17) is 4.74 Å². The Bertz CT molecular complexity index is 3120. The standard InChI is InChI=1S/C51H31NOS/c1-2-16-36-32(12-1)13-11-22-45(36)52(35-27-29-39-38-17-3-8-25-48(38)54-49(39)31-35)34-26-28-37-40-18-9-14-33-15-10-21-43(50(33)40)51(44(37)30-34)41-19-4-6-23-46(41)53-47-24-7-5-20-42(47)51/h1-31H. The highest BCUT2D eigenvalue weighted by molar-refractivity contribution is 7.25. The third kappa shape index (κ3) is 3.99. The molecule has 2 aliphatic rings. The van der Waals surface area contributed by atoms with Crippen LogP contribution in [0, 0.1) is 0 Å².